The summed E-state index contributed by atoms with van der Waals surface area (Å²) in [5.41, 5.74) is 0.484. The van der Waals surface area contributed by atoms with Gasteiger partial charge in [0.2, 0.25) is 5.28 Å². The van der Waals surface area contributed by atoms with Crippen molar-refractivity contribution in [2.45, 2.75) is 51.8 Å². The summed E-state index contributed by atoms with van der Waals surface area (Å²) in [6.45, 7) is 6.71. The fourth-order valence-corrected chi connectivity index (χ4v) is 3.34. The van der Waals surface area contributed by atoms with Crippen LogP contribution in [0.15, 0.2) is 24.3 Å². The van der Waals surface area contributed by atoms with Crippen LogP contribution >= 0.6 is 23.2 Å². The largest absolute Gasteiger partial charge is 0.444 e. The van der Waals surface area contributed by atoms with Crippen molar-refractivity contribution in [3.63, 3.8) is 0 Å². The van der Waals surface area contributed by atoms with Gasteiger partial charge in [0.15, 0.2) is 5.82 Å². The minimum atomic E-state index is -0.543. The van der Waals surface area contributed by atoms with Gasteiger partial charge in [0, 0.05) is 11.6 Å². The molecule has 0 bridgehead atoms. The molecule has 0 saturated carbocycles. The fraction of sp³-hybridized carbons (Fsp3) is 0.500. The lowest BCUT2D eigenvalue weighted by molar-refractivity contribution is 0.0216. The highest BCUT2D eigenvalue weighted by atomic mass is 35.5. The van der Waals surface area contributed by atoms with E-state index >= 15 is 0 Å². The summed E-state index contributed by atoms with van der Waals surface area (Å²) < 4.78 is 7.36. The zero-order chi connectivity index (χ0) is 18.9. The molecule has 1 aliphatic heterocycles. The average molecular weight is 397 g/mol. The van der Waals surface area contributed by atoms with Crippen LogP contribution in [0.5, 0.6) is 0 Å². The number of carbonyl (C=O) groups is 1. The van der Waals surface area contributed by atoms with Crippen molar-refractivity contribution in [2.75, 3.05) is 6.54 Å². The lowest BCUT2D eigenvalue weighted by Gasteiger charge is -2.28. The van der Waals surface area contributed by atoms with Crippen LogP contribution in [0.4, 0.5) is 4.79 Å². The van der Waals surface area contributed by atoms with Gasteiger partial charge in [0.1, 0.15) is 5.60 Å². The Bertz CT molecular complexity index is 783. The summed E-state index contributed by atoms with van der Waals surface area (Å²) >= 11 is 12.2. The van der Waals surface area contributed by atoms with Crippen LogP contribution in [0, 0.1) is 0 Å². The van der Waals surface area contributed by atoms with Crippen molar-refractivity contribution in [3.05, 3.63) is 46.0 Å². The number of carbonyl (C=O) groups excluding carboxylic acids is 1. The molecule has 0 unspecified atom stereocenters. The Labute approximate surface area is 163 Å². The van der Waals surface area contributed by atoms with E-state index in [4.69, 9.17) is 27.9 Å². The Balaban J connectivity index is 1.84. The monoisotopic (exact) mass is 396 g/mol. The lowest BCUT2D eigenvalue weighted by atomic mass is 10.2. The number of amides is 1. The van der Waals surface area contributed by atoms with E-state index < -0.39 is 5.60 Å². The number of hydrogen-bond donors (Lipinski definition) is 0. The van der Waals surface area contributed by atoms with Crippen molar-refractivity contribution >= 4 is 29.3 Å². The number of nitrogens with zero attached hydrogens (tertiary/aromatic N) is 4. The van der Waals surface area contributed by atoms with Crippen molar-refractivity contribution in [1.82, 2.24) is 19.7 Å². The number of ether oxygens (including phenoxy) is 1. The third kappa shape index (κ3) is 4.30. The molecule has 140 valence electrons. The van der Waals surface area contributed by atoms with E-state index in [1.807, 2.05) is 49.6 Å². The first-order valence-electron chi connectivity index (χ1n) is 8.57. The van der Waals surface area contributed by atoms with Gasteiger partial charge in [-0.1, -0.05) is 23.7 Å². The van der Waals surface area contributed by atoms with Crippen LogP contribution < -0.4 is 0 Å². The molecule has 1 fully saturated rings. The fourth-order valence-electron chi connectivity index (χ4n) is 3.03. The van der Waals surface area contributed by atoms with Gasteiger partial charge in [-0.15, -0.1) is 10.2 Å². The minimum absolute atomic E-state index is 0.197. The minimum Gasteiger partial charge on any atom is -0.444 e. The van der Waals surface area contributed by atoms with Gasteiger partial charge in [0.05, 0.1) is 12.6 Å². The summed E-state index contributed by atoms with van der Waals surface area (Å²) in [5, 5.41) is 9.24. The number of aromatic nitrogens is 3. The van der Waals surface area contributed by atoms with Gasteiger partial charge in [-0.05, 0) is 62.9 Å². The topological polar surface area (TPSA) is 60.2 Å². The van der Waals surface area contributed by atoms with E-state index in [1.165, 1.54) is 0 Å². The Kier molecular flexibility index (Phi) is 5.44. The number of halogens is 2. The van der Waals surface area contributed by atoms with Gasteiger partial charge in [-0.25, -0.2) is 4.79 Å². The third-order valence-electron chi connectivity index (χ3n) is 4.17. The highest BCUT2D eigenvalue weighted by Crippen LogP contribution is 2.33. The normalized spacial score (nSPS) is 17.6. The molecule has 1 aromatic carbocycles. The van der Waals surface area contributed by atoms with Crippen LogP contribution in [0.2, 0.25) is 10.3 Å². The summed E-state index contributed by atoms with van der Waals surface area (Å²) in [7, 11) is 0. The Morgan fingerprint density at radius 3 is 2.58 bits per heavy atom. The zero-order valence-corrected chi connectivity index (χ0v) is 16.6. The van der Waals surface area contributed by atoms with Crippen LogP contribution in [0.3, 0.4) is 0 Å². The Morgan fingerprint density at radius 2 is 1.92 bits per heavy atom. The number of likely N-dealkylation sites (tertiary alicyclic amines) is 1. The van der Waals surface area contributed by atoms with Gasteiger partial charge >= 0.3 is 6.09 Å². The quantitative estimate of drug-likeness (QED) is 0.753. The van der Waals surface area contributed by atoms with Crippen molar-refractivity contribution < 1.29 is 9.53 Å². The molecule has 3 rings (SSSR count). The first kappa shape index (κ1) is 19.0. The van der Waals surface area contributed by atoms with Crippen LogP contribution in [-0.4, -0.2) is 37.9 Å². The molecule has 26 heavy (non-hydrogen) atoms. The number of benzene rings is 1. The van der Waals surface area contributed by atoms with Crippen molar-refractivity contribution in [1.29, 1.82) is 0 Å². The summed E-state index contributed by atoms with van der Waals surface area (Å²) in [5.74, 6) is 0.674. The highest BCUT2D eigenvalue weighted by molar-refractivity contribution is 6.30. The third-order valence-corrected chi connectivity index (χ3v) is 4.70. The smallest absolute Gasteiger partial charge is 0.410 e. The first-order valence-corrected chi connectivity index (χ1v) is 9.33. The maximum Gasteiger partial charge on any atom is 0.410 e. The standard InChI is InChI=1S/C18H22Cl2N4O2/c1-18(2,3)26-17(25)23-10-4-5-14(23)15-21-22-16(20)24(15)11-12-6-8-13(19)9-7-12/h6-9,14H,4-5,10-11H2,1-3H3/t14-/m1/s1. The number of hydrogen-bond acceptors (Lipinski definition) is 4. The van der Waals surface area contributed by atoms with Crippen LogP contribution in [0.1, 0.15) is 51.0 Å². The second-order valence-corrected chi connectivity index (χ2v) is 8.15. The molecular formula is C18H22Cl2N4O2. The maximum absolute atomic E-state index is 12.6. The van der Waals surface area contributed by atoms with Gasteiger partial charge in [-0.3, -0.25) is 9.47 Å². The van der Waals surface area contributed by atoms with E-state index in [0.29, 0.717) is 29.2 Å². The van der Waals surface area contributed by atoms with Gasteiger partial charge in [0.25, 0.3) is 0 Å². The predicted molar refractivity (Wildman–Crippen MR) is 101 cm³/mol. The van der Waals surface area contributed by atoms with Gasteiger partial charge in [-0.2, -0.15) is 0 Å². The SMILES string of the molecule is CC(C)(C)OC(=O)N1CCC[C@@H]1c1nnc(Cl)n1Cc1ccc(Cl)cc1. The summed E-state index contributed by atoms with van der Waals surface area (Å²) in [4.78, 5) is 14.3. The van der Waals surface area contributed by atoms with E-state index in [9.17, 15) is 4.79 Å². The molecule has 1 atom stereocenters. The second-order valence-electron chi connectivity index (χ2n) is 7.37. The highest BCUT2D eigenvalue weighted by Gasteiger charge is 2.36. The molecule has 2 aromatic rings. The van der Waals surface area contributed by atoms with E-state index in [-0.39, 0.29) is 12.1 Å². The van der Waals surface area contributed by atoms with Gasteiger partial charge < -0.3 is 4.74 Å². The molecule has 0 spiro atoms. The molecule has 6 nitrogen and oxygen atoms in total. The molecular weight excluding hydrogens is 375 g/mol. The molecule has 1 amide bonds. The molecule has 0 N–H and O–H groups in total. The average Bonchev–Trinajstić information content (AvgIpc) is 3.15. The maximum atomic E-state index is 12.6. The van der Waals surface area contributed by atoms with Crippen LogP contribution in [-0.2, 0) is 11.3 Å². The molecule has 1 saturated heterocycles. The van der Waals surface area contributed by atoms with E-state index in [1.54, 1.807) is 4.90 Å². The molecule has 0 radical (unpaired) electrons. The molecule has 1 aromatic heterocycles. The Hall–Kier alpha value is -1.79. The van der Waals surface area contributed by atoms with E-state index in [0.717, 1.165) is 18.4 Å². The molecule has 8 heteroatoms. The summed E-state index contributed by atoms with van der Waals surface area (Å²) in [6.07, 6.45) is 1.35. The molecule has 0 aliphatic carbocycles. The molecule has 1 aliphatic rings. The van der Waals surface area contributed by atoms with Crippen molar-refractivity contribution in [3.8, 4) is 0 Å². The van der Waals surface area contributed by atoms with E-state index in [2.05, 4.69) is 10.2 Å². The molecule has 2 heterocycles. The zero-order valence-electron chi connectivity index (χ0n) is 15.1. The lowest BCUT2D eigenvalue weighted by Crippen LogP contribution is -2.37. The predicted octanol–water partition coefficient (Wildman–Crippen LogP) is 4.71. The first-order chi connectivity index (χ1) is 12.2. The van der Waals surface area contributed by atoms with Crippen LogP contribution in [0.25, 0.3) is 0 Å². The van der Waals surface area contributed by atoms with Crippen molar-refractivity contribution in [2.24, 2.45) is 0 Å². The summed E-state index contributed by atoms with van der Waals surface area (Å²) in [6, 6.07) is 7.33. The second kappa shape index (κ2) is 7.45. The Morgan fingerprint density at radius 1 is 1.23 bits per heavy atom. The number of rotatable bonds is 3.